The van der Waals surface area contributed by atoms with Crippen molar-refractivity contribution < 1.29 is 8.42 Å². The summed E-state index contributed by atoms with van der Waals surface area (Å²) in [6.07, 6.45) is 4.65. The largest absolute Gasteiger partial charge is 0.268 e. The van der Waals surface area contributed by atoms with Gasteiger partial charge in [-0.3, -0.25) is 0 Å². The minimum atomic E-state index is -3.76. The van der Waals surface area contributed by atoms with Crippen LogP contribution in [0, 0.1) is 0 Å². The smallest absolute Gasteiger partial charge is 0.240 e. The molecule has 0 fully saturated rings. The Balaban J connectivity index is 1.72. The van der Waals surface area contributed by atoms with Gasteiger partial charge in [-0.25, -0.2) is 22.4 Å². The second-order valence-corrected chi connectivity index (χ2v) is 10.6. The van der Waals surface area contributed by atoms with Crippen LogP contribution in [0.15, 0.2) is 89.3 Å². The number of para-hydroxylation sites is 1. The van der Waals surface area contributed by atoms with E-state index in [9.17, 15) is 8.42 Å². The van der Waals surface area contributed by atoms with Crippen molar-refractivity contribution >= 4 is 32.3 Å². The molecular weight excluding hydrogens is 450 g/mol. The van der Waals surface area contributed by atoms with E-state index in [-0.39, 0.29) is 4.90 Å². The molecule has 0 radical (unpaired) electrons. The average molecular weight is 474 g/mol. The first-order valence-electron chi connectivity index (χ1n) is 10.9. The number of hydrogen-bond donors (Lipinski definition) is 0. The van der Waals surface area contributed by atoms with Crippen molar-refractivity contribution in [2.24, 2.45) is 0 Å². The molecule has 2 aromatic carbocycles. The van der Waals surface area contributed by atoms with Crippen LogP contribution in [0.5, 0.6) is 0 Å². The van der Waals surface area contributed by atoms with E-state index in [1.807, 2.05) is 53.9 Å². The van der Waals surface area contributed by atoms with Crippen LogP contribution in [0.2, 0.25) is 0 Å². The van der Waals surface area contributed by atoms with Crippen molar-refractivity contribution in [2.45, 2.75) is 31.1 Å². The third kappa shape index (κ3) is 4.10. The first-order chi connectivity index (χ1) is 16.1. The van der Waals surface area contributed by atoms with Crippen LogP contribution in [0.25, 0.3) is 32.9 Å². The number of nitrogens with zero attached hydrogens (tertiary/aromatic N) is 3. The monoisotopic (exact) mass is 473 g/mol. The second kappa shape index (κ2) is 8.92. The van der Waals surface area contributed by atoms with E-state index in [0.717, 1.165) is 46.5 Å². The Morgan fingerprint density at radius 3 is 2.48 bits per heavy atom. The maximum Gasteiger partial charge on any atom is 0.268 e. The summed E-state index contributed by atoms with van der Waals surface area (Å²) in [5, 5.41) is 2.85. The number of hydrogen-bond acceptors (Lipinski definition) is 5. The van der Waals surface area contributed by atoms with Gasteiger partial charge in [0.2, 0.25) is 0 Å². The molecule has 0 spiro atoms. The normalized spacial score (nSPS) is 11.8. The fraction of sp³-hybridized carbons (Fsp3) is 0.154. The van der Waals surface area contributed by atoms with Gasteiger partial charge in [0, 0.05) is 22.8 Å². The summed E-state index contributed by atoms with van der Waals surface area (Å²) in [4.78, 5) is 10.9. The minimum absolute atomic E-state index is 0.253. The summed E-state index contributed by atoms with van der Waals surface area (Å²) in [6, 6.07) is 22.1. The van der Waals surface area contributed by atoms with Crippen LogP contribution in [-0.2, 0) is 16.4 Å². The van der Waals surface area contributed by atoms with Crippen LogP contribution in [0.1, 0.15) is 25.5 Å². The summed E-state index contributed by atoms with van der Waals surface area (Å²) in [5.41, 5.74) is 3.11. The third-order valence-corrected chi connectivity index (χ3v) is 8.11. The van der Waals surface area contributed by atoms with Crippen LogP contribution < -0.4 is 0 Å². The van der Waals surface area contributed by atoms with Crippen molar-refractivity contribution in [2.75, 3.05) is 0 Å². The average Bonchev–Trinajstić information content (AvgIpc) is 3.52. The maximum atomic E-state index is 13.5. The molecule has 0 N–H and O–H groups in total. The number of benzene rings is 2. The van der Waals surface area contributed by atoms with Crippen molar-refractivity contribution in [1.82, 2.24) is 13.9 Å². The first-order valence-corrected chi connectivity index (χ1v) is 13.2. The van der Waals surface area contributed by atoms with Gasteiger partial charge in [-0.1, -0.05) is 55.8 Å². The van der Waals surface area contributed by atoms with Gasteiger partial charge in [0.25, 0.3) is 10.0 Å². The third-order valence-electron chi connectivity index (χ3n) is 5.56. The molecule has 0 saturated heterocycles. The van der Waals surface area contributed by atoms with Crippen molar-refractivity contribution in [1.29, 1.82) is 0 Å². The maximum absolute atomic E-state index is 13.5. The van der Waals surface area contributed by atoms with Gasteiger partial charge < -0.3 is 0 Å². The van der Waals surface area contributed by atoms with E-state index >= 15 is 0 Å². The molecule has 3 aromatic heterocycles. The van der Waals surface area contributed by atoms with Gasteiger partial charge >= 0.3 is 0 Å². The van der Waals surface area contributed by atoms with E-state index in [1.165, 1.54) is 3.97 Å². The highest BCUT2D eigenvalue weighted by atomic mass is 32.2. The second-order valence-electron chi connectivity index (χ2n) is 7.82. The quantitative estimate of drug-likeness (QED) is 0.274. The molecule has 5 rings (SSSR count). The molecule has 5 aromatic rings. The number of fused-ring (bicyclic) bond motifs is 1. The number of thiophene rings is 1. The van der Waals surface area contributed by atoms with Gasteiger partial charge in [0.1, 0.15) is 0 Å². The van der Waals surface area contributed by atoms with Crippen molar-refractivity contribution in [3.05, 3.63) is 90.1 Å². The summed E-state index contributed by atoms with van der Waals surface area (Å²) in [7, 11) is -3.76. The fourth-order valence-electron chi connectivity index (χ4n) is 3.90. The Hall–Kier alpha value is -3.29. The lowest BCUT2D eigenvalue weighted by Gasteiger charge is -2.07. The number of unbranched alkanes of at least 4 members (excludes halogenated alkanes) is 1. The van der Waals surface area contributed by atoms with Crippen LogP contribution >= 0.6 is 11.3 Å². The molecular formula is C26H23N3O2S2. The first kappa shape index (κ1) is 21.6. The van der Waals surface area contributed by atoms with E-state index in [2.05, 4.69) is 6.92 Å². The SMILES string of the molecule is CCCCc1cc(-c2cn(S(=O)(=O)c3ccccc3)c3ccccc23)nc(-c2cccs2)n1. The number of rotatable bonds is 7. The van der Waals surface area contributed by atoms with Gasteiger partial charge in [0.15, 0.2) is 5.82 Å². The zero-order valence-electron chi connectivity index (χ0n) is 18.2. The summed E-state index contributed by atoms with van der Waals surface area (Å²) < 4.78 is 28.3. The lowest BCUT2D eigenvalue weighted by atomic mass is 10.1. The lowest BCUT2D eigenvalue weighted by Crippen LogP contribution is -2.11. The molecule has 7 heteroatoms. The molecule has 0 bridgehead atoms. The molecule has 0 atom stereocenters. The Morgan fingerprint density at radius 1 is 0.939 bits per heavy atom. The van der Waals surface area contributed by atoms with Gasteiger partial charge in [-0.15, -0.1) is 11.3 Å². The predicted molar refractivity (Wildman–Crippen MR) is 134 cm³/mol. The molecule has 0 unspecified atom stereocenters. The zero-order chi connectivity index (χ0) is 22.8. The zero-order valence-corrected chi connectivity index (χ0v) is 19.8. The van der Waals surface area contributed by atoms with E-state index < -0.39 is 10.0 Å². The minimum Gasteiger partial charge on any atom is -0.240 e. The Kier molecular flexibility index (Phi) is 5.83. The molecule has 166 valence electrons. The van der Waals surface area contributed by atoms with Gasteiger partial charge in [-0.2, -0.15) is 0 Å². The Labute approximate surface area is 197 Å². The molecule has 0 aliphatic carbocycles. The summed E-state index contributed by atoms with van der Waals surface area (Å²) >= 11 is 1.60. The highest BCUT2D eigenvalue weighted by Crippen LogP contribution is 2.34. The number of aryl methyl sites for hydroxylation is 1. The lowest BCUT2D eigenvalue weighted by molar-refractivity contribution is 0.589. The standard InChI is InChI=1S/C26H23N3O2S2/c1-2-3-10-19-17-23(28-26(27-19)25-15-9-16-32-25)22-18-29(24-14-8-7-13-21(22)24)33(30,31)20-11-5-4-6-12-20/h4-9,11-18H,2-3,10H2,1H3. The van der Waals surface area contributed by atoms with Crippen molar-refractivity contribution in [3.63, 3.8) is 0 Å². The van der Waals surface area contributed by atoms with Crippen LogP contribution in [-0.4, -0.2) is 22.4 Å². The Morgan fingerprint density at radius 2 is 1.73 bits per heavy atom. The molecule has 0 saturated carbocycles. The van der Waals surface area contributed by atoms with Gasteiger partial charge in [-0.05, 0) is 48.6 Å². The van der Waals surface area contributed by atoms with Gasteiger partial charge in [0.05, 0.1) is 21.0 Å². The van der Waals surface area contributed by atoms with E-state index in [0.29, 0.717) is 11.3 Å². The molecule has 5 nitrogen and oxygen atoms in total. The summed E-state index contributed by atoms with van der Waals surface area (Å²) in [5.74, 6) is 0.677. The molecule has 0 amide bonds. The summed E-state index contributed by atoms with van der Waals surface area (Å²) in [6.45, 7) is 2.16. The topological polar surface area (TPSA) is 64.8 Å². The van der Waals surface area contributed by atoms with Crippen LogP contribution in [0.3, 0.4) is 0 Å². The van der Waals surface area contributed by atoms with E-state index in [4.69, 9.17) is 9.97 Å². The van der Waals surface area contributed by atoms with Crippen LogP contribution in [0.4, 0.5) is 0 Å². The highest BCUT2D eigenvalue weighted by molar-refractivity contribution is 7.90. The highest BCUT2D eigenvalue weighted by Gasteiger charge is 2.22. The number of aromatic nitrogens is 3. The predicted octanol–water partition coefficient (Wildman–Crippen LogP) is 6.41. The van der Waals surface area contributed by atoms with Crippen molar-refractivity contribution in [3.8, 4) is 22.0 Å². The molecule has 3 heterocycles. The molecule has 0 aliphatic rings. The fourth-order valence-corrected chi connectivity index (χ4v) is 5.94. The van der Waals surface area contributed by atoms with E-state index in [1.54, 1.807) is 41.8 Å². The molecule has 33 heavy (non-hydrogen) atoms. The Bertz CT molecular complexity index is 1510. The molecule has 0 aliphatic heterocycles.